The molecule has 3 atom stereocenters. The summed E-state index contributed by atoms with van der Waals surface area (Å²) in [4.78, 5) is 2.86. The van der Waals surface area contributed by atoms with Gasteiger partial charge in [0.25, 0.3) is 0 Å². The zero-order valence-electron chi connectivity index (χ0n) is 20.6. The van der Waals surface area contributed by atoms with Crippen LogP contribution in [0.15, 0.2) is 77.7 Å². The van der Waals surface area contributed by atoms with E-state index in [9.17, 15) is 8.42 Å². The van der Waals surface area contributed by atoms with Gasteiger partial charge in [-0.3, -0.25) is 4.90 Å². The SMILES string of the molecule is Cc1cccc(-c2ccc([C@H]3C4CN(S(=O)(=O)c5ccccc5C)CCCCN4[C@@H]3CN)cc2)c1. The van der Waals surface area contributed by atoms with Gasteiger partial charge in [0, 0.05) is 37.6 Å². The second-order valence-electron chi connectivity index (χ2n) is 9.96. The number of hydrogen-bond acceptors (Lipinski definition) is 4. The van der Waals surface area contributed by atoms with Crippen LogP contribution in [0.2, 0.25) is 0 Å². The third kappa shape index (κ3) is 4.56. The molecule has 2 aliphatic rings. The normalized spacial score (nSPS) is 23.7. The van der Waals surface area contributed by atoms with Gasteiger partial charge in [-0.2, -0.15) is 4.31 Å². The summed E-state index contributed by atoms with van der Waals surface area (Å²) in [5.41, 5.74) is 11.9. The second kappa shape index (κ2) is 9.86. The molecule has 0 radical (unpaired) electrons. The average Bonchev–Trinajstić information content (AvgIpc) is 2.83. The van der Waals surface area contributed by atoms with Crippen molar-refractivity contribution in [3.05, 3.63) is 89.5 Å². The Kier molecular flexibility index (Phi) is 6.82. The molecule has 1 unspecified atom stereocenters. The Balaban J connectivity index is 1.43. The van der Waals surface area contributed by atoms with Crippen LogP contribution in [0.3, 0.4) is 0 Å². The number of sulfonamides is 1. The van der Waals surface area contributed by atoms with E-state index in [0.717, 1.165) is 24.9 Å². The number of fused-ring (bicyclic) bond motifs is 1. The smallest absolute Gasteiger partial charge is 0.243 e. The van der Waals surface area contributed by atoms with E-state index in [4.69, 9.17) is 5.73 Å². The van der Waals surface area contributed by atoms with E-state index in [0.29, 0.717) is 24.5 Å². The van der Waals surface area contributed by atoms with Crippen LogP contribution < -0.4 is 5.73 Å². The number of nitrogens with zero attached hydrogens (tertiary/aromatic N) is 2. The van der Waals surface area contributed by atoms with E-state index < -0.39 is 10.0 Å². The van der Waals surface area contributed by atoms with Crippen LogP contribution in [0.25, 0.3) is 11.1 Å². The molecule has 2 saturated heterocycles. The first-order valence-corrected chi connectivity index (χ1v) is 14.0. The Hall–Kier alpha value is -2.51. The fourth-order valence-electron chi connectivity index (χ4n) is 5.90. The fourth-order valence-corrected chi connectivity index (χ4v) is 7.62. The van der Waals surface area contributed by atoms with E-state index >= 15 is 0 Å². The lowest BCUT2D eigenvalue weighted by atomic mass is 9.74. The summed E-state index contributed by atoms with van der Waals surface area (Å²) in [6.45, 7) is 6.59. The monoisotopic (exact) mass is 489 g/mol. The molecule has 3 aromatic carbocycles. The Labute approximate surface area is 209 Å². The highest BCUT2D eigenvalue weighted by Gasteiger charge is 2.49. The maximum absolute atomic E-state index is 13.7. The molecule has 0 amide bonds. The Bertz CT molecular complexity index is 1290. The van der Waals surface area contributed by atoms with Crippen LogP contribution in [0.4, 0.5) is 0 Å². The fraction of sp³-hybridized carbons (Fsp3) is 0.379. The van der Waals surface area contributed by atoms with Gasteiger partial charge >= 0.3 is 0 Å². The number of nitrogens with two attached hydrogens (primary N) is 1. The van der Waals surface area contributed by atoms with Crippen LogP contribution >= 0.6 is 0 Å². The summed E-state index contributed by atoms with van der Waals surface area (Å²) in [6.07, 6.45) is 1.84. The molecule has 35 heavy (non-hydrogen) atoms. The number of hydrogen-bond donors (Lipinski definition) is 1. The summed E-state index contributed by atoms with van der Waals surface area (Å²) in [6, 6.07) is 25.0. The van der Waals surface area contributed by atoms with E-state index in [1.807, 2.05) is 25.1 Å². The highest BCUT2D eigenvalue weighted by atomic mass is 32.2. The van der Waals surface area contributed by atoms with Gasteiger partial charge in [-0.1, -0.05) is 72.3 Å². The Morgan fingerprint density at radius 2 is 1.63 bits per heavy atom. The molecule has 5 nitrogen and oxygen atoms in total. The van der Waals surface area contributed by atoms with Crippen molar-refractivity contribution in [2.24, 2.45) is 5.73 Å². The minimum Gasteiger partial charge on any atom is -0.329 e. The van der Waals surface area contributed by atoms with Gasteiger partial charge in [0.05, 0.1) is 4.90 Å². The molecule has 2 N–H and O–H groups in total. The quantitative estimate of drug-likeness (QED) is 0.571. The van der Waals surface area contributed by atoms with Crippen molar-refractivity contribution in [2.45, 2.75) is 49.6 Å². The molecule has 0 aliphatic carbocycles. The molecule has 0 saturated carbocycles. The Morgan fingerprint density at radius 3 is 2.34 bits per heavy atom. The largest absolute Gasteiger partial charge is 0.329 e. The first-order chi connectivity index (χ1) is 16.9. The first-order valence-electron chi connectivity index (χ1n) is 12.6. The number of aryl methyl sites for hydroxylation is 2. The number of benzene rings is 3. The zero-order valence-corrected chi connectivity index (χ0v) is 21.4. The molecule has 0 spiro atoms. The highest BCUT2D eigenvalue weighted by molar-refractivity contribution is 7.89. The number of rotatable bonds is 5. The summed E-state index contributed by atoms with van der Waals surface area (Å²) in [5, 5.41) is 0. The van der Waals surface area contributed by atoms with Gasteiger partial charge in [0.1, 0.15) is 0 Å². The maximum atomic E-state index is 13.7. The lowest BCUT2D eigenvalue weighted by Crippen LogP contribution is -2.68. The van der Waals surface area contributed by atoms with Gasteiger partial charge in [0.15, 0.2) is 0 Å². The Morgan fingerprint density at radius 1 is 0.886 bits per heavy atom. The molecule has 2 aliphatic heterocycles. The van der Waals surface area contributed by atoms with Crippen molar-refractivity contribution in [3.8, 4) is 11.1 Å². The third-order valence-corrected chi connectivity index (χ3v) is 9.77. The van der Waals surface area contributed by atoms with Crippen molar-refractivity contribution in [3.63, 3.8) is 0 Å². The van der Waals surface area contributed by atoms with Crippen molar-refractivity contribution >= 4 is 10.0 Å². The molecule has 0 bridgehead atoms. The molecular weight excluding hydrogens is 454 g/mol. The first kappa shape index (κ1) is 24.2. The average molecular weight is 490 g/mol. The molecule has 3 aromatic rings. The van der Waals surface area contributed by atoms with Crippen molar-refractivity contribution in [1.82, 2.24) is 9.21 Å². The molecule has 184 valence electrons. The zero-order chi connectivity index (χ0) is 24.6. The summed E-state index contributed by atoms with van der Waals surface area (Å²) < 4.78 is 29.0. The van der Waals surface area contributed by atoms with Gasteiger partial charge in [-0.15, -0.1) is 0 Å². The van der Waals surface area contributed by atoms with Crippen LogP contribution in [0.1, 0.15) is 35.4 Å². The van der Waals surface area contributed by atoms with Crippen molar-refractivity contribution in [2.75, 3.05) is 26.2 Å². The van der Waals surface area contributed by atoms with Crippen LogP contribution in [-0.4, -0.2) is 55.9 Å². The standard InChI is InChI=1S/C29H35N3O2S/c1-21-8-7-10-25(18-21)23-12-14-24(15-13-23)29-26(19-30)32-17-6-5-16-31(20-27(29)32)35(33,34)28-11-4-3-9-22(28)2/h3-4,7-15,18,26-27,29H,5-6,16-17,19-20,30H2,1-2H3/t26-,27?,29-/m1/s1. The van der Waals surface area contributed by atoms with Crippen molar-refractivity contribution in [1.29, 1.82) is 0 Å². The molecule has 2 heterocycles. The lowest BCUT2D eigenvalue weighted by molar-refractivity contribution is -0.0261. The highest BCUT2D eigenvalue weighted by Crippen LogP contribution is 2.42. The van der Waals surface area contributed by atoms with E-state index in [1.54, 1.807) is 10.4 Å². The minimum absolute atomic E-state index is 0.132. The molecule has 0 aromatic heterocycles. The van der Waals surface area contributed by atoms with Crippen LogP contribution in [0.5, 0.6) is 0 Å². The predicted molar refractivity (Wildman–Crippen MR) is 142 cm³/mol. The summed E-state index contributed by atoms with van der Waals surface area (Å²) in [5.74, 6) is 0.222. The van der Waals surface area contributed by atoms with Gasteiger partial charge in [-0.05, 0) is 61.6 Å². The van der Waals surface area contributed by atoms with Gasteiger partial charge in [-0.25, -0.2) is 8.42 Å². The topological polar surface area (TPSA) is 66.6 Å². The predicted octanol–water partition coefficient (Wildman–Crippen LogP) is 4.55. The van der Waals surface area contributed by atoms with Crippen molar-refractivity contribution < 1.29 is 8.42 Å². The third-order valence-electron chi connectivity index (χ3n) is 7.75. The van der Waals surface area contributed by atoms with Gasteiger partial charge < -0.3 is 5.73 Å². The van der Waals surface area contributed by atoms with E-state index in [2.05, 4.69) is 60.4 Å². The van der Waals surface area contributed by atoms with Crippen LogP contribution in [0, 0.1) is 13.8 Å². The molecule has 5 rings (SSSR count). The second-order valence-corrected chi connectivity index (χ2v) is 11.9. The van der Waals surface area contributed by atoms with E-state index in [-0.39, 0.29) is 18.0 Å². The van der Waals surface area contributed by atoms with Crippen LogP contribution in [-0.2, 0) is 10.0 Å². The minimum atomic E-state index is -3.56. The molecule has 2 fully saturated rings. The maximum Gasteiger partial charge on any atom is 0.243 e. The molecule has 6 heteroatoms. The lowest BCUT2D eigenvalue weighted by Gasteiger charge is -2.57. The van der Waals surface area contributed by atoms with E-state index in [1.165, 1.54) is 22.3 Å². The molecular formula is C29H35N3O2S. The summed E-state index contributed by atoms with van der Waals surface area (Å²) in [7, 11) is -3.56. The van der Waals surface area contributed by atoms with Gasteiger partial charge in [0.2, 0.25) is 10.0 Å². The summed E-state index contributed by atoms with van der Waals surface area (Å²) >= 11 is 0.